The van der Waals surface area contributed by atoms with E-state index < -0.39 is 85.6 Å². The molecular weight excluding hydrogens is 1890 g/mol. The Morgan fingerprint density at radius 2 is 0.752 bits per heavy atom. The van der Waals surface area contributed by atoms with E-state index in [1.54, 1.807) is 19.9 Å². The van der Waals surface area contributed by atoms with E-state index in [2.05, 4.69) is 78.0 Å². The first kappa shape index (κ1) is 128. The van der Waals surface area contributed by atoms with Gasteiger partial charge in [0.1, 0.15) is 78.9 Å². The maximum Gasteiger partial charge on any atom is 0.309 e. The van der Waals surface area contributed by atoms with Crippen molar-refractivity contribution in [1.29, 1.82) is 0 Å². The van der Waals surface area contributed by atoms with Crippen LogP contribution in [0.3, 0.4) is 0 Å². The molecule has 3 heterocycles. The molecule has 0 aromatic carbocycles. The summed E-state index contributed by atoms with van der Waals surface area (Å²) >= 11 is 1.32. The molecule has 0 aromatic rings. The summed E-state index contributed by atoms with van der Waals surface area (Å²) in [4.78, 5) is 120. The zero-order chi connectivity index (χ0) is 109. The van der Waals surface area contributed by atoms with Gasteiger partial charge in [-0.2, -0.15) is 0 Å². The van der Waals surface area contributed by atoms with Crippen LogP contribution in [0.2, 0.25) is 0 Å². The van der Waals surface area contributed by atoms with Crippen molar-refractivity contribution in [2.24, 2.45) is 71.0 Å². The number of esters is 3. The number of ether oxygens (including phenoxy) is 14. The van der Waals surface area contributed by atoms with Crippen LogP contribution in [0, 0.1) is 71.0 Å². The minimum Gasteiger partial charge on any atom is -0.497 e. The standard InChI is InChI=1S/C26H38O7.C25H38O6.C24H36O5.C20H32O10.C17H26O4S/c1-15(9-8-10-16(2)13-20-14-17(3)26(29)33-20)11-12-21-18(4)22(28)24(30-6)25(31-7)23(21)32-19(5)27;1-15(8-7-9-16(2)14-19-12-11-17(3)25(28)31-19)10-13-20-18(4)21(26)23(29-5)24(30-6)22(20)27;1-16(10-8-12-18(3)15-25)9-7-11-17(2)13-14-20-19(4)21(26)23(28-5)24(29-6)22(20)27;1-9(8-29-20-17(26)16(25)15(24)12(7-21)30-20)5-6-11-10(2)13(22)18(27-3)19(28-4)14(11)23;1-6-12(18)9-10(2)7-8-13-11(3)14(19)17(22-5)16(21-4)15(13)20/h10-11,17-18,20-21,23H,8-9,12-14H2,1-7H3;9-10,17-20,22,27H,7-8,11-14H2,1-6H3;9,12-13,15,19-20,22,27H,7-8,10-11,14H2,1-6H3;5,10-12,14-17,20-21,23-26H,6-8H2,1-4H3;7,11,13,15,20H,6,8-9H2,1-5H3/b15-11+,16-10+;15-10+,16-9+;16-9+,17-13+,18-12+;9-5+;10-7+/t17?,18-,20?,21-,23-;;;10?,11?,12?,14?,15-,16?,17+,20-;/m1..0./s1. The third-order valence-corrected chi connectivity index (χ3v) is 29.3. The molecule has 3 saturated heterocycles. The Bertz CT molecular complexity index is 4790. The largest absolute Gasteiger partial charge is 0.497 e. The van der Waals surface area contributed by atoms with Gasteiger partial charge < -0.3 is 107 Å². The van der Waals surface area contributed by atoms with Gasteiger partial charge in [-0.25, -0.2) is 0 Å². The molecule has 0 aromatic heterocycles. The number of aliphatic hydroxyl groups excluding tert-OH is 8. The number of aldehydes is 1. The van der Waals surface area contributed by atoms with Crippen LogP contribution in [0.25, 0.3) is 0 Å². The molecule has 0 saturated carbocycles. The van der Waals surface area contributed by atoms with Crippen molar-refractivity contribution in [1.82, 2.24) is 0 Å². The van der Waals surface area contributed by atoms with E-state index in [0.29, 0.717) is 55.6 Å². The summed E-state index contributed by atoms with van der Waals surface area (Å²) in [7, 11) is 12.8. The van der Waals surface area contributed by atoms with Gasteiger partial charge in [-0.3, -0.25) is 47.9 Å². The molecule has 18 unspecified atom stereocenters. The molecule has 5 aliphatic carbocycles. The molecule has 0 spiro atoms. The highest BCUT2D eigenvalue weighted by Gasteiger charge is 2.50. The second-order valence-electron chi connectivity index (χ2n) is 39.4. The van der Waals surface area contributed by atoms with Crippen molar-refractivity contribution >= 4 is 70.7 Å². The summed E-state index contributed by atoms with van der Waals surface area (Å²) < 4.78 is 74.2. The van der Waals surface area contributed by atoms with E-state index in [4.69, 9.17) is 66.3 Å². The van der Waals surface area contributed by atoms with Crippen molar-refractivity contribution in [3.8, 4) is 0 Å². The number of hydrogen-bond donors (Lipinski definition) is 8. The van der Waals surface area contributed by atoms with Gasteiger partial charge in [0, 0.05) is 91.8 Å². The van der Waals surface area contributed by atoms with Gasteiger partial charge in [0.2, 0.25) is 46.2 Å². The van der Waals surface area contributed by atoms with E-state index in [-0.39, 0.29) is 171 Å². The molecule has 0 amide bonds. The molecule has 816 valence electrons. The fraction of sp³-hybridized carbons (Fsp3) is 0.661. The first-order valence-corrected chi connectivity index (χ1v) is 51.7. The predicted molar refractivity (Wildman–Crippen MR) is 550 cm³/mol. The Morgan fingerprint density at radius 3 is 1.12 bits per heavy atom. The Balaban J connectivity index is 0.000000380. The SMILES string of the molecule is CCC(=O)C/C(C)=C/CC1C(C)C(=O)C(SC)=C(OC)C1O.COC1=C(OC)C(O)C(C/C=C(\C)CC/C=C(\C)CC/C=C(\C)C=O)C(C)C1=O.COC1=C(OC)C(O)C(C/C=C(\C)CC/C=C(\C)CC2CCC(C)C(=O)O2)C(C)C1=O.COC1=C(OC)C(O)C(C/C=C(\C)CO[C@H]2OC(CO)[C@H](O)C(O)[C@H]2O)C(C)C1=O.COC1=C(OC)[C@H](OC(C)=O)[C@H](C/C=C(\C)CC/C=C(\C)CC2CC(C)C(=O)O2)[C@@H](C)C1=O. The Hall–Kier alpha value is -9.39. The lowest BCUT2D eigenvalue weighted by atomic mass is 9.77. The highest BCUT2D eigenvalue weighted by atomic mass is 32.2. The van der Waals surface area contributed by atoms with Crippen molar-refractivity contribution in [2.75, 3.05) is 83.5 Å². The van der Waals surface area contributed by atoms with Crippen LogP contribution in [0.4, 0.5) is 0 Å². The minimum absolute atomic E-state index is 0.00318. The minimum atomic E-state index is -1.51. The molecule has 32 nitrogen and oxygen atoms in total. The Labute approximate surface area is 863 Å². The number of aliphatic hydroxyl groups is 8. The number of hydrogen-bond acceptors (Lipinski definition) is 33. The first-order chi connectivity index (χ1) is 68.6. The third kappa shape index (κ3) is 37.4. The molecule has 3 aliphatic heterocycles. The molecule has 145 heavy (non-hydrogen) atoms. The quantitative estimate of drug-likeness (QED) is 0.00923. The van der Waals surface area contributed by atoms with E-state index in [1.165, 1.54) is 116 Å². The fourth-order valence-electron chi connectivity index (χ4n) is 18.8. The Kier molecular flexibility index (Phi) is 56.5. The summed E-state index contributed by atoms with van der Waals surface area (Å²) in [6, 6.07) is 0. The van der Waals surface area contributed by atoms with Crippen LogP contribution in [0.15, 0.2) is 162 Å². The molecule has 3 fully saturated rings. The summed E-state index contributed by atoms with van der Waals surface area (Å²) in [6.45, 7) is 33.5. The summed E-state index contributed by atoms with van der Waals surface area (Å²) in [5, 5.41) is 81.3. The second-order valence-corrected chi connectivity index (χ2v) is 40.2. The second kappa shape index (κ2) is 64.1. The predicted octanol–water partition coefficient (Wildman–Crippen LogP) is 15.8. The van der Waals surface area contributed by atoms with Crippen LogP contribution in [-0.4, -0.2) is 257 Å². The molecular formula is C112H170O32S. The molecule has 8 aliphatic rings. The number of rotatable bonds is 45. The highest BCUT2D eigenvalue weighted by molar-refractivity contribution is 8.03. The monoisotopic (exact) mass is 2060 g/mol. The van der Waals surface area contributed by atoms with E-state index in [0.717, 1.165) is 106 Å². The maximum absolute atomic E-state index is 12.8. The number of carbonyl (C=O) groups is 10. The number of cyclic esters (lactones) is 2. The topological polar surface area (TPSA) is 462 Å². The Morgan fingerprint density at radius 1 is 0.400 bits per heavy atom. The molecule has 8 N–H and O–H groups in total. The summed E-state index contributed by atoms with van der Waals surface area (Å²) in [5.74, 6) is -2.53. The highest BCUT2D eigenvalue weighted by Crippen LogP contribution is 2.44. The number of allylic oxidation sites excluding steroid dienone is 20. The van der Waals surface area contributed by atoms with Gasteiger partial charge >= 0.3 is 17.9 Å². The molecule has 0 bridgehead atoms. The van der Waals surface area contributed by atoms with Crippen molar-refractivity contribution < 1.29 is 155 Å². The van der Waals surface area contributed by atoms with Gasteiger partial charge in [-0.1, -0.05) is 155 Å². The van der Waals surface area contributed by atoms with E-state index in [9.17, 15) is 88.8 Å². The average molecular weight is 2060 g/mol. The van der Waals surface area contributed by atoms with Gasteiger partial charge in [-0.05, 0) is 177 Å². The van der Waals surface area contributed by atoms with E-state index >= 15 is 0 Å². The van der Waals surface area contributed by atoms with E-state index in [1.807, 2.05) is 80.7 Å². The molecule has 33 heteroatoms. The van der Waals surface area contributed by atoms with Crippen LogP contribution < -0.4 is 0 Å². The zero-order valence-electron chi connectivity index (χ0n) is 91.0. The van der Waals surface area contributed by atoms with Gasteiger partial charge in [0.05, 0.1) is 93.9 Å². The lowest BCUT2D eigenvalue weighted by Crippen LogP contribution is -2.59. The third-order valence-electron chi connectivity index (χ3n) is 28.5. The summed E-state index contributed by atoms with van der Waals surface area (Å²) in [5.41, 5.74) is 9.92. The maximum atomic E-state index is 12.8. The first-order valence-electron chi connectivity index (χ1n) is 50.5. The van der Waals surface area contributed by atoms with Gasteiger partial charge in [-0.15, -0.1) is 11.8 Å². The van der Waals surface area contributed by atoms with Gasteiger partial charge in [0.15, 0.2) is 41.2 Å². The lowest BCUT2D eigenvalue weighted by Gasteiger charge is -2.39. The molecule has 0 radical (unpaired) electrons. The van der Waals surface area contributed by atoms with Crippen molar-refractivity contribution in [3.63, 3.8) is 0 Å². The number of Topliss-reactive ketones (excluding diaryl/α,β-unsaturated/α-hetero) is 6. The number of carbonyl (C=O) groups excluding carboxylic acids is 10. The van der Waals surface area contributed by atoms with Crippen LogP contribution in [-0.2, 0) is 114 Å². The molecule has 8 rings (SSSR count). The van der Waals surface area contributed by atoms with Gasteiger partial charge in [0.25, 0.3) is 0 Å². The number of methoxy groups -OCH3 is 9. The van der Waals surface area contributed by atoms with Crippen molar-refractivity contribution in [2.45, 2.75) is 326 Å². The number of ketones is 6. The zero-order valence-corrected chi connectivity index (χ0v) is 91.8. The van der Waals surface area contributed by atoms with Crippen LogP contribution >= 0.6 is 11.8 Å². The lowest BCUT2D eigenvalue weighted by molar-refractivity contribution is -0.299. The fourth-order valence-corrected chi connectivity index (χ4v) is 19.6. The average Bonchev–Trinajstić information content (AvgIpc) is 1.57. The number of thioether (sulfide) groups is 1. The van der Waals surface area contributed by atoms with Crippen molar-refractivity contribution in [3.05, 3.63) is 162 Å². The molecule has 24 atom stereocenters. The smallest absolute Gasteiger partial charge is 0.309 e. The summed E-state index contributed by atoms with van der Waals surface area (Å²) in [6.07, 6.45) is 25.7. The normalized spacial score (nSPS) is 29.7. The van der Waals surface area contributed by atoms with Crippen LogP contribution in [0.5, 0.6) is 0 Å². The van der Waals surface area contributed by atoms with Crippen LogP contribution in [0.1, 0.15) is 253 Å².